The number of quaternary nitrogens is 1. The first-order chi connectivity index (χ1) is 54.7. The number of carboxylic acid groups (broad SMARTS) is 1. The number of aliphatic hydroxyl groups is 1. The summed E-state index contributed by atoms with van der Waals surface area (Å²) in [5.41, 5.74) is 21.0. The van der Waals surface area contributed by atoms with Crippen LogP contribution in [0.1, 0.15) is 164 Å². The summed E-state index contributed by atoms with van der Waals surface area (Å²) in [5, 5.41) is 30.8. The van der Waals surface area contributed by atoms with Gasteiger partial charge in [-0.05, 0) is 226 Å². The van der Waals surface area contributed by atoms with E-state index in [0.717, 1.165) is 153 Å². The molecule has 121 heavy (non-hydrogen) atoms. The van der Waals surface area contributed by atoms with Gasteiger partial charge in [-0.3, -0.25) is 14.4 Å². The van der Waals surface area contributed by atoms with Gasteiger partial charge in [0.05, 0.1) is 17.3 Å². The van der Waals surface area contributed by atoms with Crippen molar-refractivity contribution in [3.05, 3.63) is 240 Å². The van der Waals surface area contributed by atoms with E-state index >= 15 is 0 Å². The predicted molar refractivity (Wildman–Crippen MR) is 489 cm³/mol. The lowest BCUT2D eigenvalue weighted by Gasteiger charge is -2.20. The Hall–Kier alpha value is -10.3. The van der Waals surface area contributed by atoms with E-state index in [2.05, 4.69) is 67.7 Å². The Morgan fingerprint density at radius 1 is 0.446 bits per heavy atom. The lowest BCUT2D eigenvalue weighted by atomic mass is 10.0. The van der Waals surface area contributed by atoms with Crippen LogP contribution in [0.2, 0.25) is 0 Å². The number of carboxylic acids is 1. The number of ether oxygens (including phenoxy) is 1. The lowest BCUT2D eigenvalue weighted by molar-refractivity contribution is -0.368. The fraction of sp³-hybridized carbons (Fsp3) is 0.337. The third kappa shape index (κ3) is 36.5. The van der Waals surface area contributed by atoms with Gasteiger partial charge >= 0.3 is 12.1 Å². The van der Waals surface area contributed by atoms with Gasteiger partial charge in [0.25, 0.3) is 17.7 Å². The number of carbonyl (C=O) groups excluding carboxylic acids is 4. The van der Waals surface area contributed by atoms with E-state index in [1.54, 1.807) is 60.7 Å². The molecular weight excluding hydrogens is 1630 g/mol. The summed E-state index contributed by atoms with van der Waals surface area (Å²) in [4.78, 5) is 72.1. The van der Waals surface area contributed by atoms with Crippen LogP contribution >= 0.6 is 34.8 Å². The van der Waals surface area contributed by atoms with Crippen molar-refractivity contribution in [2.45, 2.75) is 138 Å². The molecule has 12 rings (SSSR count). The summed E-state index contributed by atoms with van der Waals surface area (Å²) in [6.07, 6.45) is 8.55. The third-order valence-corrected chi connectivity index (χ3v) is 19.2. The van der Waals surface area contributed by atoms with Crippen molar-refractivity contribution < 1.29 is 74.6 Å². The Labute approximate surface area is 730 Å². The van der Waals surface area contributed by atoms with Crippen LogP contribution in [-0.4, -0.2) is 129 Å². The fourth-order valence-electron chi connectivity index (χ4n) is 11.8. The van der Waals surface area contributed by atoms with Gasteiger partial charge < -0.3 is 98.5 Å². The van der Waals surface area contributed by atoms with Gasteiger partial charge in [-0.1, -0.05) is 153 Å². The number of halogens is 8. The van der Waals surface area contributed by atoms with Gasteiger partial charge in [-0.2, -0.15) is 0 Å². The molecule has 0 saturated heterocycles. The molecule has 24 N–H and O–H groups in total. The molecule has 0 aliphatic carbocycles. The molecule has 0 radical (unpaired) electrons. The van der Waals surface area contributed by atoms with E-state index in [0.29, 0.717) is 49.1 Å². The van der Waals surface area contributed by atoms with E-state index in [-0.39, 0.29) is 116 Å². The van der Waals surface area contributed by atoms with Crippen molar-refractivity contribution in [2.75, 3.05) is 52.3 Å². The highest BCUT2D eigenvalue weighted by molar-refractivity contribution is 6.21. The first-order valence-electron chi connectivity index (χ1n) is 38.1. The maximum atomic E-state index is 13.2. The van der Waals surface area contributed by atoms with Crippen LogP contribution in [0.5, 0.6) is 0 Å². The van der Waals surface area contributed by atoms with Crippen LogP contribution in [0.4, 0.5) is 22.4 Å². The van der Waals surface area contributed by atoms with Crippen LogP contribution < -0.4 is 63.6 Å². The normalized spacial score (nSPS) is 11.3. The van der Waals surface area contributed by atoms with E-state index in [1.165, 1.54) is 67.8 Å². The number of H-pyrrole nitrogens is 4. The minimum Gasteiger partial charge on any atom is -1.00 e. The number of hydrogen-bond donors (Lipinski definition) is 15. The van der Waals surface area contributed by atoms with Gasteiger partial charge in [-0.15, -0.1) is 34.8 Å². The van der Waals surface area contributed by atoms with Crippen molar-refractivity contribution in [2.24, 2.45) is 17.6 Å². The van der Waals surface area contributed by atoms with E-state index in [9.17, 15) is 41.5 Å². The topological polar surface area (TPSA) is 405 Å². The Morgan fingerprint density at radius 2 is 0.744 bits per heavy atom. The number of aromatic carboxylic acids is 1. The summed E-state index contributed by atoms with van der Waals surface area (Å²) >= 11 is 18.0. The van der Waals surface area contributed by atoms with Gasteiger partial charge in [-0.25, -0.2) is 27.2 Å². The highest BCUT2D eigenvalue weighted by Crippen LogP contribution is 2.30. The van der Waals surface area contributed by atoms with E-state index in [1.807, 2.05) is 106 Å². The molecule has 0 spiro atoms. The second-order valence-corrected chi connectivity index (χ2v) is 30.2. The van der Waals surface area contributed by atoms with Crippen LogP contribution in [0.15, 0.2) is 194 Å². The zero-order valence-electron chi connectivity index (χ0n) is 67.9. The second-order valence-electron chi connectivity index (χ2n) is 28.6. The number of amides is 4. The number of nitrogens with two attached hydrogens (primary N) is 1. The van der Waals surface area contributed by atoms with Gasteiger partial charge in [0.2, 0.25) is 0 Å². The maximum Gasteiger partial charge on any atom is 0.407 e. The maximum absolute atomic E-state index is 13.2. The van der Waals surface area contributed by atoms with Crippen molar-refractivity contribution in [3.8, 4) is 44.5 Å². The Bertz CT molecular complexity index is 4880. The molecule has 4 atom stereocenters. The summed E-state index contributed by atoms with van der Waals surface area (Å²) in [6.45, 7) is 15.6. The number of alkyl carbamates (subject to hydrolysis) is 1. The Morgan fingerprint density at radius 3 is 1.04 bits per heavy atom. The van der Waals surface area contributed by atoms with Crippen molar-refractivity contribution in [1.82, 2.24) is 59.7 Å². The van der Waals surface area contributed by atoms with Crippen LogP contribution in [0.25, 0.3) is 88.1 Å². The van der Waals surface area contributed by atoms with Gasteiger partial charge in [0.15, 0.2) is 0 Å². The molecule has 4 amide bonds. The summed E-state index contributed by atoms with van der Waals surface area (Å²) in [5.74, 6) is -1.03. The summed E-state index contributed by atoms with van der Waals surface area (Å²) < 4.78 is 57.4. The fourth-order valence-corrected chi connectivity index (χ4v) is 12.5. The van der Waals surface area contributed by atoms with Crippen molar-refractivity contribution in [3.63, 3.8) is 0 Å². The molecule has 4 heterocycles. The SMILES string of the molecule is C.C.C.CCCC[C@@H](C)CN.CO.C[C@H](CCCNC(=O)OC(C)(C)C)CNC(=O)c1cc2ccc(-c3ccc(F)cc3)cc2[nH]1.N.N.N.O=C(NC[C@H](Cl)CCCCl)c1cc2ccc(-c3ccc(F)cc3)cc2[nH]1.O=C(O)c1cc2ccc(-c3ccc(F)cc3)cc2[nH]1.[Cl-].[NH3+]CCC[C@@H](Cl)CNC(=O)c1cc2ccc(-c3ccc(F)cc3)cc2[nH]1. The smallest absolute Gasteiger partial charge is 0.407 e. The zero-order chi connectivity index (χ0) is 82.9. The molecule has 662 valence electrons. The number of hydrogen-bond acceptors (Lipinski definition) is 11. The van der Waals surface area contributed by atoms with Crippen molar-refractivity contribution in [1.29, 1.82) is 0 Å². The number of carbonyl (C=O) groups is 5. The van der Waals surface area contributed by atoms with Gasteiger partial charge in [0, 0.05) is 82.8 Å². The average molecular weight is 1760 g/mol. The highest BCUT2D eigenvalue weighted by atomic mass is 35.5. The molecule has 0 saturated carbocycles. The van der Waals surface area contributed by atoms with E-state index in [4.69, 9.17) is 55.5 Å². The number of unbranched alkanes of at least 4 members (excludes halogenated alkanes) is 1. The quantitative estimate of drug-likeness (QED) is 0.0124. The summed E-state index contributed by atoms with van der Waals surface area (Å²) in [7, 11) is 1.00. The number of aliphatic hydroxyl groups excluding tert-OH is 1. The second kappa shape index (κ2) is 56.3. The predicted octanol–water partition coefficient (Wildman–Crippen LogP) is 18.8. The minimum atomic E-state index is -0.987. The number of nitrogens with one attached hydrogen (secondary N) is 8. The van der Waals surface area contributed by atoms with Crippen molar-refractivity contribution >= 4 is 108 Å². The Balaban J connectivity index is 0.00000152. The first-order valence-corrected chi connectivity index (χ1v) is 39.5. The monoisotopic (exact) mass is 1760 g/mol. The molecule has 12 aromatic rings. The van der Waals surface area contributed by atoms with Crippen LogP contribution in [0.3, 0.4) is 0 Å². The molecule has 21 nitrogen and oxygen atoms in total. The van der Waals surface area contributed by atoms with Crippen LogP contribution in [-0.2, 0) is 4.74 Å². The number of aromatic amines is 4. The minimum absolute atomic E-state index is 0. The number of benzene rings is 8. The number of fused-ring (bicyclic) bond motifs is 4. The molecular formula is C92H125Cl4F4N13O8. The Kier molecular flexibility index (Phi) is 51.5. The number of rotatable bonds is 28. The van der Waals surface area contributed by atoms with Gasteiger partial charge in [0.1, 0.15) is 51.6 Å². The number of aromatic nitrogens is 4. The average Bonchev–Trinajstić information content (AvgIpc) is 1.69. The van der Waals surface area contributed by atoms with E-state index < -0.39 is 17.7 Å². The largest absolute Gasteiger partial charge is 1.00 e. The number of alkyl halides is 3. The zero-order valence-corrected chi connectivity index (χ0v) is 70.9. The lowest BCUT2D eigenvalue weighted by Crippen LogP contribution is -3.00. The molecule has 4 aromatic heterocycles. The molecule has 0 fully saturated rings. The first kappa shape index (κ1) is 111. The molecule has 0 aliphatic heterocycles. The molecule has 0 bridgehead atoms. The highest BCUT2D eigenvalue weighted by Gasteiger charge is 2.19. The standard InChI is InChI=1S/C26H32FN3O3.C20H19Cl2FN2O.C20H21ClFN3O.C15H10FNO2.C7H17N.CH4O.3CH4.ClH.3H3N/c1-17(6-5-13-28-25(32)33-26(2,3)4)16-29-24(31)23-15-20-8-7-19(14-22(20)30-23)18-9-11-21(27)12-10-18;21-9-1-2-16(22)12-24-20(26)19-11-15-4-3-14(10-18(15)25-19)13-5-7-17(23)8-6-13;21-16(2-1-9-23)12-24-20(26)19-11-15-4-3-14(10-18(15)25-19)13-5-7-17(22)8-6-13;16-12-5-3-9(4-6-12)10-1-2-11-8-14(15(18)19)17-13(11)7-10;1-3-4-5-7(2)6-8;1-2;;;;;;;/h7-12,14-15,17,30H,5-6,13,16H2,1-4H3,(H,28,32)(H,29,31);3-8,10-11,16,25H,1-2,9,12H2,(H,24,26);3-8,10-11,16,25H,1-2,9,12,23H2,(H,24,26);1-8,17H,(H,18,19);7H,3-6,8H2,1-2H3;2H,1H3;3*1H4;1H;3*1H3/t17-;2*16-;;7-;;;;;;;;/m111.1......../s1. The molecule has 0 unspecified atom stereocenters. The third-order valence-electron chi connectivity index (χ3n) is 18.2. The molecule has 0 aliphatic rings. The molecule has 8 aromatic carbocycles. The summed E-state index contributed by atoms with van der Waals surface area (Å²) in [6, 6.07) is 55.4. The molecule has 29 heteroatoms. The van der Waals surface area contributed by atoms with Crippen LogP contribution in [0, 0.1) is 35.1 Å².